The maximum absolute atomic E-state index is 12.3. The number of carbonyl (C=O) groups is 1. The lowest BCUT2D eigenvalue weighted by atomic mass is 9.87. The summed E-state index contributed by atoms with van der Waals surface area (Å²) in [7, 11) is -3.74. The van der Waals surface area contributed by atoms with Crippen LogP contribution in [0.5, 0.6) is 0 Å². The van der Waals surface area contributed by atoms with Gasteiger partial charge in [-0.15, -0.1) is 0 Å². The SMILES string of the molecule is CC1CCCC(NC(=O)[C@H](C)NS(=O)(=O)c2ccc(Cl)cc2)C1. The fourth-order valence-electron chi connectivity index (χ4n) is 2.86. The van der Waals surface area contributed by atoms with Gasteiger partial charge in [-0.2, -0.15) is 4.72 Å². The first-order valence-electron chi connectivity index (χ1n) is 7.86. The molecule has 1 fully saturated rings. The largest absolute Gasteiger partial charge is 0.352 e. The van der Waals surface area contributed by atoms with Crippen LogP contribution in [0.4, 0.5) is 0 Å². The van der Waals surface area contributed by atoms with E-state index in [1.54, 1.807) is 6.92 Å². The van der Waals surface area contributed by atoms with Crippen molar-refractivity contribution in [1.82, 2.24) is 10.0 Å². The van der Waals surface area contributed by atoms with Gasteiger partial charge in [0.1, 0.15) is 0 Å². The Morgan fingerprint density at radius 2 is 1.91 bits per heavy atom. The maximum Gasteiger partial charge on any atom is 0.241 e. The Morgan fingerprint density at radius 1 is 1.26 bits per heavy atom. The molecule has 0 bridgehead atoms. The summed E-state index contributed by atoms with van der Waals surface area (Å²) in [5, 5.41) is 3.40. The van der Waals surface area contributed by atoms with E-state index in [0.717, 1.165) is 19.3 Å². The number of benzene rings is 1. The summed E-state index contributed by atoms with van der Waals surface area (Å²) in [6, 6.07) is 5.15. The molecule has 7 heteroatoms. The molecule has 0 radical (unpaired) electrons. The molecule has 1 amide bonds. The van der Waals surface area contributed by atoms with Gasteiger partial charge in [-0.05, 0) is 49.9 Å². The molecule has 1 saturated carbocycles. The van der Waals surface area contributed by atoms with Crippen LogP contribution in [0.3, 0.4) is 0 Å². The van der Waals surface area contributed by atoms with E-state index in [2.05, 4.69) is 17.0 Å². The first-order chi connectivity index (χ1) is 10.8. The molecule has 0 aliphatic heterocycles. The zero-order valence-electron chi connectivity index (χ0n) is 13.4. The van der Waals surface area contributed by atoms with Crippen molar-refractivity contribution in [3.63, 3.8) is 0 Å². The van der Waals surface area contributed by atoms with Gasteiger partial charge < -0.3 is 5.32 Å². The number of nitrogens with one attached hydrogen (secondary N) is 2. The average Bonchev–Trinajstić information content (AvgIpc) is 2.47. The highest BCUT2D eigenvalue weighted by atomic mass is 35.5. The molecule has 0 spiro atoms. The van der Waals surface area contributed by atoms with E-state index < -0.39 is 16.1 Å². The zero-order valence-corrected chi connectivity index (χ0v) is 15.0. The predicted octanol–water partition coefficient (Wildman–Crippen LogP) is 2.70. The van der Waals surface area contributed by atoms with Gasteiger partial charge >= 0.3 is 0 Å². The quantitative estimate of drug-likeness (QED) is 0.849. The highest BCUT2D eigenvalue weighted by molar-refractivity contribution is 7.89. The summed E-state index contributed by atoms with van der Waals surface area (Å²) in [5.74, 6) is 0.303. The number of hydrogen-bond donors (Lipinski definition) is 2. The molecule has 1 aromatic rings. The van der Waals surface area contributed by atoms with Gasteiger partial charge in [0.05, 0.1) is 10.9 Å². The zero-order chi connectivity index (χ0) is 17.0. The molecule has 2 N–H and O–H groups in total. The van der Waals surface area contributed by atoms with Crippen molar-refractivity contribution in [2.45, 2.75) is 56.5 Å². The topological polar surface area (TPSA) is 75.3 Å². The van der Waals surface area contributed by atoms with E-state index >= 15 is 0 Å². The van der Waals surface area contributed by atoms with Gasteiger partial charge in [0.2, 0.25) is 15.9 Å². The number of carbonyl (C=O) groups excluding carboxylic acids is 1. The summed E-state index contributed by atoms with van der Waals surface area (Å²) in [4.78, 5) is 12.3. The molecule has 0 saturated heterocycles. The Labute approximate surface area is 142 Å². The average molecular weight is 359 g/mol. The standard InChI is InChI=1S/C16H23ClN2O3S/c1-11-4-3-5-14(10-11)18-16(20)12(2)19-23(21,22)15-8-6-13(17)7-9-15/h6-9,11-12,14,19H,3-5,10H2,1-2H3,(H,18,20)/t11?,12-,14?/m0/s1. The van der Waals surface area contributed by atoms with Crippen molar-refractivity contribution in [1.29, 1.82) is 0 Å². The van der Waals surface area contributed by atoms with Gasteiger partial charge in [0.25, 0.3) is 0 Å². The van der Waals surface area contributed by atoms with Gasteiger partial charge in [0.15, 0.2) is 0 Å². The molecule has 0 aromatic heterocycles. The lowest BCUT2D eigenvalue weighted by Crippen LogP contribution is -2.48. The summed E-state index contributed by atoms with van der Waals surface area (Å²) >= 11 is 5.76. The Bertz CT molecular complexity index is 646. The summed E-state index contributed by atoms with van der Waals surface area (Å²) < 4.78 is 26.9. The minimum absolute atomic E-state index is 0.0906. The van der Waals surface area contributed by atoms with Gasteiger partial charge in [-0.3, -0.25) is 4.79 Å². The van der Waals surface area contributed by atoms with Crippen molar-refractivity contribution in [3.05, 3.63) is 29.3 Å². The maximum atomic E-state index is 12.3. The fraction of sp³-hybridized carbons (Fsp3) is 0.562. The molecule has 2 rings (SSSR count). The van der Waals surface area contributed by atoms with Crippen LogP contribution >= 0.6 is 11.6 Å². The molecule has 5 nitrogen and oxygen atoms in total. The second kappa shape index (κ2) is 7.64. The minimum atomic E-state index is -3.74. The van der Waals surface area contributed by atoms with Crippen molar-refractivity contribution in [2.24, 2.45) is 5.92 Å². The van der Waals surface area contributed by atoms with Crippen LogP contribution in [0, 0.1) is 5.92 Å². The molecule has 23 heavy (non-hydrogen) atoms. The van der Waals surface area contributed by atoms with Crippen LogP contribution in [-0.4, -0.2) is 26.4 Å². The third-order valence-corrected chi connectivity index (χ3v) is 5.94. The molecule has 3 atom stereocenters. The van der Waals surface area contributed by atoms with E-state index in [1.165, 1.54) is 30.7 Å². The lowest BCUT2D eigenvalue weighted by Gasteiger charge is -2.28. The van der Waals surface area contributed by atoms with Gasteiger partial charge in [0, 0.05) is 11.1 Å². The van der Waals surface area contributed by atoms with Crippen LogP contribution in [0.25, 0.3) is 0 Å². The third kappa shape index (κ3) is 5.19. The van der Waals surface area contributed by atoms with E-state index in [1.807, 2.05) is 0 Å². The summed E-state index contributed by atoms with van der Waals surface area (Å²) in [5.41, 5.74) is 0. The van der Waals surface area contributed by atoms with Crippen molar-refractivity contribution < 1.29 is 13.2 Å². The Balaban J connectivity index is 1.95. The smallest absolute Gasteiger partial charge is 0.241 e. The van der Waals surface area contributed by atoms with Crippen LogP contribution in [0.2, 0.25) is 5.02 Å². The molecular weight excluding hydrogens is 336 g/mol. The highest BCUT2D eigenvalue weighted by Crippen LogP contribution is 2.23. The van der Waals surface area contributed by atoms with Crippen LogP contribution in [0.1, 0.15) is 39.5 Å². The number of rotatable bonds is 5. The molecule has 128 valence electrons. The molecule has 0 heterocycles. The van der Waals surface area contributed by atoms with Crippen LogP contribution < -0.4 is 10.0 Å². The number of sulfonamides is 1. The van der Waals surface area contributed by atoms with E-state index in [-0.39, 0.29) is 16.8 Å². The van der Waals surface area contributed by atoms with E-state index in [0.29, 0.717) is 10.9 Å². The third-order valence-electron chi connectivity index (χ3n) is 4.13. The lowest BCUT2D eigenvalue weighted by molar-refractivity contribution is -0.123. The first-order valence-corrected chi connectivity index (χ1v) is 9.72. The second-order valence-corrected chi connectivity index (χ2v) is 8.42. The van der Waals surface area contributed by atoms with E-state index in [9.17, 15) is 13.2 Å². The van der Waals surface area contributed by atoms with Crippen molar-refractivity contribution in [3.8, 4) is 0 Å². The van der Waals surface area contributed by atoms with Crippen LogP contribution in [0.15, 0.2) is 29.2 Å². The fourth-order valence-corrected chi connectivity index (χ4v) is 4.19. The Morgan fingerprint density at radius 3 is 2.52 bits per heavy atom. The molecule has 1 aliphatic rings. The normalized spacial score (nSPS) is 23.3. The molecule has 1 aliphatic carbocycles. The van der Waals surface area contributed by atoms with Crippen molar-refractivity contribution in [2.75, 3.05) is 0 Å². The molecule has 2 unspecified atom stereocenters. The molecular formula is C16H23ClN2O3S. The Hall–Kier alpha value is -1.11. The van der Waals surface area contributed by atoms with Gasteiger partial charge in [-0.1, -0.05) is 31.4 Å². The first kappa shape index (κ1) is 18.2. The Kier molecular flexibility index (Phi) is 6.06. The predicted molar refractivity (Wildman–Crippen MR) is 90.8 cm³/mol. The van der Waals surface area contributed by atoms with Gasteiger partial charge in [-0.25, -0.2) is 8.42 Å². The number of halogens is 1. The summed E-state index contributed by atoms with van der Waals surface area (Å²) in [6.45, 7) is 3.72. The highest BCUT2D eigenvalue weighted by Gasteiger charge is 2.25. The minimum Gasteiger partial charge on any atom is -0.352 e. The van der Waals surface area contributed by atoms with Crippen molar-refractivity contribution >= 4 is 27.5 Å². The van der Waals surface area contributed by atoms with Crippen LogP contribution in [-0.2, 0) is 14.8 Å². The summed E-state index contributed by atoms with van der Waals surface area (Å²) in [6.07, 6.45) is 4.18. The monoisotopic (exact) mass is 358 g/mol. The molecule has 1 aromatic carbocycles. The van der Waals surface area contributed by atoms with E-state index in [4.69, 9.17) is 11.6 Å². The number of hydrogen-bond acceptors (Lipinski definition) is 3. The second-order valence-electron chi connectivity index (χ2n) is 6.27. The number of amides is 1.